The number of carbonyl (C=O) groups excluding carboxylic acids is 1. The molecule has 3 N–H and O–H groups in total. The highest BCUT2D eigenvalue weighted by molar-refractivity contribution is 7.99. The fourth-order valence-corrected chi connectivity index (χ4v) is 2.94. The van der Waals surface area contributed by atoms with E-state index in [1.807, 2.05) is 32.0 Å². The average molecular weight is 378 g/mol. The second-order valence-electron chi connectivity index (χ2n) is 5.55. The number of aryl methyl sites for hydroxylation is 2. The Morgan fingerprint density at radius 3 is 2.48 bits per heavy atom. The predicted octanol–water partition coefficient (Wildman–Crippen LogP) is 3.69. The van der Waals surface area contributed by atoms with Crippen molar-refractivity contribution in [1.82, 2.24) is 10.9 Å². The van der Waals surface area contributed by atoms with E-state index in [2.05, 4.69) is 16.2 Å². The summed E-state index contributed by atoms with van der Waals surface area (Å²) >= 11 is 6.59. The highest BCUT2D eigenvalue weighted by Gasteiger charge is 2.04. The number of hydrogen-bond acceptors (Lipinski definition) is 3. The molecule has 25 heavy (non-hydrogen) atoms. The largest absolute Gasteiger partial charge is 0.331 e. The normalized spacial score (nSPS) is 10.2. The number of anilines is 1. The average Bonchev–Trinajstić information content (AvgIpc) is 2.58. The summed E-state index contributed by atoms with van der Waals surface area (Å²) in [5.74, 6) is 0.465. The van der Waals surface area contributed by atoms with E-state index in [4.69, 9.17) is 12.2 Å². The Balaban J connectivity index is 1.67. The van der Waals surface area contributed by atoms with E-state index in [-0.39, 0.29) is 17.5 Å². The molecule has 7 heteroatoms. The third kappa shape index (κ3) is 6.72. The molecule has 0 aliphatic heterocycles. The number of carbonyl (C=O) groups is 1. The predicted molar refractivity (Wildman–Crippen MR) is 106 cm³/mol. The third-order valence-corrected chi connectivity index (χ3v) is 4.70. The number of halogens is 1. The van der Waals surface area contributed by atoms with Gasteiger partial charge in [0.2, 0.25) is 5.91 Å². The molecule has 132 valence electrons. The van der Waals surface area contributed by atoms with Gasteiger partial charge >= 0.3 is 0 Å². The Morgan fingerprint density at radius 1 is 1.08 bits per heavy atom. The molecule has 0 aromatic heterocycles. The van der Waals surface area contributed by atoms with Gasteiger partial charge in [0.15, 0.2) is 5.11 Å². The van der Waals surface area contributed by atoms with E-state index in [1.54, 1.807) is 12.1 Å². The lowest BCUT2D eigenvalue weighted by molar-refractivity contribution is -0.119. The van der Waals surface area contributed by atoms with Gasteiger partial charge in [0, 0.05) is 11.4 Å². The lowest BCUT2D eigenvalue weighted by Crippen LogP contribution is -2.44. The first-order valence-corrected chi connectivity index (χ1v) is 9.25. The summed E-state index contributed by atoms with van der Waals surface area (Å²) in [6, 6.07) is 12.2. The van der Waals surface area contributed by atoms with Crippen LogP contribution in [0, 0.1) is 19.7 Å². The molecule has 2 rings (SSSR count). The van der Waals surface area contributed by atoms with Crippen LogP contribution >= 0.6 is 24.0 Å². The van der Waals surface area contributed by atoms with E-state index < -0.39 is 0 Å². The van der Waals surface area contributed by atoms with Gasteiger partial charge in [-0.05, 0) is 67.0 Å². The molecule has 0 bridgehead atoms. The summed E-state index contributed by atoms with van der Waals surface area (Å²) in [7, 11) is 0. The maximum atomic E-state index is 12.8. The number of rotatable bonds is 5. The van der Waals surface area contributed by atoms with Crippen molar-refractivity contribution in [2.24, 2.45) is 0 Å². The van der Waals surface area contributed by atoms with E-state index >= 15 is 0 Å². The molecule has 0 fully saturated rings. The maximum absolute atomic E-state index is 12.8. The van der Waals surface area contributed by atoms with Gasteiger partial charge in [-0.15, -0.1) is 11.8 Å². The lowest BCUT2D eigenvalue weighted by atomic mass is 10.1. The standard InChI is InChI=1S/C18H20FN3OS2/c1-12-3-8-16(9-13(12)2)20-18(24)22-21-17(23)11-25-10-14-4-6-15(19)7-5-14/h3-9H,10-11H2,1-2H3,(H,21,23)(H2,20,22,24). The van der Waals surface area contributed by atoms with Crippen LogP contribution in [0.4, 0.5) is 10.1 Å². The smallest absolute Gasteiger partial charge is 0.248 e. The zero-order valence-corrected chi connectivity index (χ0v) is 15.7. The maximum Gasteiger partial charge on any atom is 0.248 e. The first kappa shape index (κ1) is 19.2. The van der Waals surface area contributed by atoms with Crippen LogP contribution in [0.25, 0.3) is 0 Å². The Kier molecular flexibility index (Phi) is 7.21. The summed E-state index contributed by atoms with van der Waals surface area (Å²) in [6.07, 6.45) is 0. The molecular formula is C18H20FN3OS2. The van der Waals surface area contributed by atoms with Crippen molar-refractivity contribution in [1.29, 1.82) is 0 Å². The molecule has 0 aliphatic carbocycles. The highest BCUT2D eigenvalue weighted by Crippen LogP contribution is 2.14. The summed E-state index contributed by atoms with van der Waals surface area (Å²) in [5.41, 5.74) is 9.43. The summed E-state index contributed by atoms with van der Waals surface area (Å²) in [5, 5.41) is 3.34. The second kappa shape index (κ2) is 9.39. The molecule has 0 unspecified atom stereocenters. The zero-order valence-electron chi connectivity index (χ0n) is 14.1. The van der Waals surface area contributed by atoms with Gasteiger partial charge < -0.3 is 5.32 Å². The molecule has 0 atom stereocenters. The lowest BCUT2D eigenvalue weighted by Gasteiger charge is -2.12. The molecule has 2 aromatic carbocycles. The van der Waals surface area contributed by atoms with Crippen LogP contribution in [0.15, 0.2) is 42.5 Å². The number of hydrazine groups is 1. The number of amides is 1. The summed E-state index contributed by atoms with van der Waals surface area (Å²) < 4.78 is 12.8. The molecule has 0 heterocycles. The number of thioether (sulfide) groups is 1. The zero-order chi connectivity index (χ0) is 18.2. The highest BCUT2D eigenvalue weighted by atomic mass is 32.2. The Hall–Kier alpha value is -2.12. The van der Waals surface area contributed by atoms with Crippen molar-refractivity contribution in [3.8, 4) is 0 Å². The van der Waals surface area contributed by atoms with Crippen LogP contribution in [0.5, 0.6) is 0 Å². The van der Waals surface area contributed by atoms with Crippen LogP contribution in [0.3, 0.4) is 0 Å². The molecule has 0 radical (unpaired) electrons. The fraction of sp³-hybridized carbons (Fsp3) is 0.222. The molecule has 1 amide bonds. The van der Waals surface area contributed by atoms with Crippen molar-refractivity contribution >= 4 is 40.7 Å². The van der Waals surface area contributed by atoms with Gasteiger partial charge in [-0.25, -0.2) is 4.39 Å². The van der Waals surface area contributed by atoms with Crippen LogP contribution in [0.2, 0.25) is 0 Å². The van der Waals surface area contributed by atoms with Crippen LogP contribution < -0.4 is 16.2 Å². The molecule has 0 saturated heterocycles. The van der Waals surface area contributed by atoms with Crippen molar-refractivity contribution in [3.63, 3.8) is 0 Å². The number of nitrogens with one attached hydrogen (secondary N) is 3. The number of benzene rings is 2. The first-order valence-electron chi connectivity index (χ1n) is 7.69. The summed E-state index contributed by atoms with van der Waals surface area (Å²) in [6.45, 7) is 4.07. The number of thiocarbonyl (C=S) groups is 1. The minimum absolute atomic E-state index is 0.184. The molecule has 0 saturated carbocycles. The van der Waals surface area contributed by atoms with Crippen molar-refractivity contribution in [2.45, 2.75) is 19.6 Å². The topological polar surface area (TPSA) is 53.2 Å². The Bertz CT molecular complexity index is 750. The van der Waals surface area contributed by atoms with Gasteiger partial charge in [-0.3, -0.25) is 15.6 Å². The van der Waals surface area contributed by atoms with E-state index in [9.17, 15) is 9.18 Å². The van der Waals surface area contributed by atoms with Gasteiger partial charge in [0.1, 0.15) is 5.82 Å². The molecule has 0 aliphatic rings. The summed E-state index contributed by atoms with van der Waals surface area (Å²) in [4.78, 5) is 11.8. The molecular weight excluding hydrogens is 357 g/mol. The van der Waals surface area contributed by atoms with Gasteiger partial charge in [-0.2, -0.15) is 0 Å². The van der Waals surface area contributed by atoms with E-state index in [0.29, 0.717) is 10.9 Å². The Morgan fingerprint density at radius 2 is 1.80 bits per heavy atom. The quantitative estimate of drug-likeness (QED) is 0.548. The molecule has 0 spiro atoms. The van der Waals surface area contributed by atoms with Gasteiger partial charge in [0.25, 0.3) is 0 Å². The minimum atomic E-state index is -0.263. The van der Waals surface area contributed by atoms with Crippen molar-refractivity contribution in [3.05, 3.63) is 65.0 Å². The van der Waals surface area contributed by atoms with Crippen LogP contribution in [0.1, 0.15) is 16.7 Å². The van der Waals surface area contributed by atoms with E-state index in [1.165, 1.54) is 29.5 Å². The van der Waals surface area contributed by atoms with Crippen molar-refractivity contribution in [2.75, 3.05) is 11.1 Å². The Labute approximate surface area is 156 Å². The third-order valence-electron chi connectivity index (χ3n) is 3.50. The monoisotopic (exact) mass is 377 g/mol. The number of hydrogen-bond donors (Lipinski definition) is 3. The van der Waals surface area contributed by atoms with E-state index in [0.717, 1.165) is 16.8 Å². The van der Waals surface area contributed by atoms with Crippen LogP contribution in [-0.2, 0) is 10.5 Å². The van der Waals surface area contributed by atoms with Crippen LogP contribution in [-0.4, -0.2) is 16.8 Å². The van der Waals surface area contributed by atoms with Gasteiger partial charge in [0.05, 0.1) is 5.75 Å². The first-order chi connectivity index (χ1) is 11.9. The second-order valence-corrected chi connectivity index (χ2v) is 6.94. The fourth-order valence-electron chi connectivity index (χ4n) is 1.99. The molecule has 4 nitrogen and oxygen atoms in total. The minimum Gasteiger partial charge on any atom is -0.331 e. The van der Waals surface area contributed by atoms with Gasteiger partial charge in [-0.1, -0.05) is 18.2 Å². The SMILES string of the molecule is Cc1ccc(NC(=S)NNC(=O)CSCc2ccc(F)cc2)cc1C. The van der Waals surface area contributed by atoms with Crippen molar-refractivity contribution < 1.29 is 9.18 Å². The molecule has 2 aromatic rings.